The van der Waals surface area contributed by atoms with E-state index < -0.39 is 25.6 Å². The number of sulfone groups is 2. The SMILES string of the molecule is C.C=C(NCc1cccnc1)/C(=C/c1ccc(-c2ccc(Cl)cc2)o1)S(=O)(=O)c1ccccc1.COc1cccc(/C=C2\CN(C)C/C(=C\c3cccc(OC)c3OC)C2=O)c1OC.O=C(NCc1cccnc1)/C(=C\c1cccc(Oc2ccccc2)c1)S(=O)(=O)c1ccccc1. The molecule has 0 aliphatic carbocycles. The monoisotopic (exact) mass is 1370 g/mol. The topological polar surface area (TPSA) is 215 Å². The van der Waals surface area contributed by atoms with Crippen molar-refractivity contribution in [2.45, 2.75) is 30.3 Å². The lowest BCUT2D eigenvalue weighted by atomic mass is 9.94. The van der Waals surface area contributed by atoms with Gasteiger partial charge >= 0.3 is 0 Å². The number of benzene rings is 7. The second kappa shape index (κ2) is 35.1. The summed E-state index contributed by atoms with van der Waals surface area (Å²) >= 11 is 5.96. The normalized spacial score (nSPS) is 13.3. The van der Waals surface area contributed by atoms with Gasteiger partial charge in [-0.15, -0.1) is 0 Å². The van der Waals surface area contributed by atoms with E-state index in [4.69, 9.17) is 39.7 Å². The van der Waals surface area contributed by atoms with Gasteiger partial charge in [-0.05, 0) is 151 Å². The van der Waals surface area contributed by atoms with E-state index in [1.165, 1.54) is 24.3 Å². The Morgan fingerprint density at radius 3 is 1.58 bits per heavy atom. The molecule has 10 aromatic rings. The Hall–Kier alpha value is -11.1. The lowest BCUT2D eigenvalue weighted by Gasteiger charge is -2.26. The Labute approximate surface area is 577 Å². The molecule has 98 heavy (non-hydrogen) atoms. The van der Waals surface area contributed by atoms with Gasteiger partial charge in [-0.3, -0.25) is 24.5 Å². The van der Waals surface area contributed by atoms with E-state index >= 15 is 0 Å². The zero-order valence-electron chi connectivity index (χ0n) is 53.8. The van der Waals surface area contributed by atoms with Crippen molar-refractivity contribution in [2.24, 2.45) is 0 Å². The first-order valence-electron chi connectivity index (χ1n) is 30.3. The number of hydrogen-bond donors (Lipinski definition) is 2. The fraction of sp³-hybridized carbons (Fsp3) is 0.128. The first kappa shape index (κ1) is 72.7. The van der Waals surface area contributed by atoms with Crippen LogP contribution < -0.4 is 34.3 Å². The van der Waals surface area contributed by atoms with E-state index in [0.717, 1.165) is 27.8 Å². The van der Waals surface area contributed by atoms with Gasteiger partial charge in [0.15, 0.2) is 28.8 Å². The number of likely N-dealkylation sites (N-methyl/N-ethyl adjacent to an activating group) is 1. The molecule has 0 bridgehead atoms. The molecule has 7 aromatic carbocycles. The molecule has 1 amide bonds. The van der Waals surface area contributed by atoms with Crippen LogP contribution in [-0.4, -0.2) is 92.0 Å². The van der Waals surface area contributed by atoms with Crippen LogP contribution >= 0.6 is 11.6 Å². The van der Waals surface area contributed by atoms with Gasteiger partial charge in [0.1, 0.15) is 27.9 Å². The van der Waals surface area contributed by atoms with Crippen LogP contribution in [0, 0.1) is 0 Å². The third-order valence-corrected chi connectivity index (χ3v) is 18.6. The van der Waals surface area contributed by atoms with Gasteiger partial charge in [-0.1, -0.05) is 129 Å². The molecule has 11 rings (SSSR count). The molecule has 1 saturated heterocycles. The van der Waals surface area contributed by atoms with E-state index in [1.54, 1.807) is 162 Å². The molecule has 17 nitrogen and oxygen atoms in total. The Kier molecular flexibility index (Phi) is 26.0. The minimum Gasteiger partial charge on any atom is -0.493 e. The van der Waals surface area contributed by atoms with Crippen molar-refractivity contribution in [1.82, 2.24) is 25.5 Å². The van der Waals surface area contributed by atoms with Crippen molar-refractivity contribution in [3.8, 4) is 45.8 Å². The summed E-state index contributed by atoms with van der Waals surface area (Å²) < 4.78 is 87.3. The Bertz CT molecular complexity index is 4630. The second-order valence-corrected chi connectivity index (χ2v) is 25.9. The lowest BCUT2D eigenvalue weighted by Crippen LogP contribution is -2.34. The molecule has 0 saturated carbocycles. The van der Waals surface area contributed by atoms with E-state index in [-0.39, 0.29) is 45.1 Å². The summed E-state index contributed by atoms with van der Waals surface area (Å²) in [5, 5.41) is 6.42. The first-order chi connectivity index (χ1) is 47.0. The first-order valence-corrected chi connectivity index (χ1v) is 33.6. The van der Waals surface area contributed by atoms with Gasteiger partial charge < -0.3 is 38.7 Å². The summed E-state index contributed by atoms with van der Waals surface area (Å²) in [6.45, 7) is 5.61. The highest BCUT2D eigenvalue weighted by Crippen LogP contribution is 2.36. The Morgan fingerprint density at radius 1 is 0.571 bits per heavy atom. The van der Waals surface area contributed by atoms with Crippen LogP contribution in [-0.2, 0) is 42.4 Å². The largest absolute Gasteiger partial charge is 0.493 e. The summed E-state index contributed by atoms with van der Waals surface area (Å²) in [4.78, 5) is 36.5. The van der Waals surface area contributed by atoms with E-state index in [0.29, 0.717) is 87.4 Å². The van der Waals surface area contributed by atoms with Crippen molar-refractivity contribution in [1.29, 1.82) is 0 Å². The third-order valence-electron chi connectivity index (χ3n) is 14.8. The maximum Gasteiger partial charge on any atom is 0.263 e. The van der Waals surface area contributed by atoms with Crippen LogP contribution in [0.4, 0.5) is 0 Å². The average Bonchev–Trinajstić information content (AvgIpc) is 1.05. The molecule has 502 valence electrons. The number of piperidine rings is 1. The molecule has 0 unspecified atom stereocenters. The van der Waals surface area contributed by atoms with Crippen LogP contribution in [0.3, 0.4) is 0 Å². The van der Waals surface area contributed by atoms with Crippen LogP contribution in [0.15, 0.2) is 285 Å². The zero-order chi connectivity index (χ0) is 68.7. The summed E-state index contributed by atoms with van der Waals surface area (Å²) in [7, 11) is 0.419. The Balaban J connectivity index is 0.000000187. The summed E-state index contributed by atoms with van der Waals surface area (Å²) in [5.74, 6) is 3.91. The fourth-order valence-electron chi connectivity index (χ4n) is 10.0. The van der Waals surface area contributed by atoms with Gasteiger partial charge in [0, 0.05) is 95.6 Å². The highest BCUT2D eigenvalue weighted by atomic mass is 35.5. The lowest BCUT2D eigenvalue weighted by molar-refractivity contribution is -0.117. The number of methoxy groups -OCH3 is 4. The number of aromatic nitrogens is 2. The molecule has 20 heteroatoms. The minimum absolute atomic E-state index is 0. The highest BCUT2D eigenvalue weighted by Gasteiger charge is 2.29. The van der Waals surface area contributed by atoms with Crippen LogP contribution in [0.2, 0.25) is 5.02 Å². The zero-order valence-corrected chi connectivity index (χ0v) is 56.2. The van der Waals surface area contributed by atoms with Gasteiger partial charge in [-0.2, -0.15) is 0 Å². The second-order valence-electron chi connectivity index (χ2n) is 21.6. The number of carbonyl (C=O) groups excluding carboxylic acids is 2. The summed E-state index contributed by atoms with van der Waals surface area (Å²) in [6.07, 6.45) is 13.2. The van der Waals surface area contributed by atoms with Gasteiger partial charge in [0.25, 0.3) is 5.91 Å². The number of Topliss-reactive ketones (excluding diaryl/α,β-unsaturated/α-hetero) is 1. The number of hydrogen-bond acceptors (Lipinski definition) is 16. The number of halogens is 1. The van der Waals surface area contributed by atoms with Gasteiger partial charge in [-0.25, -0.2) is 16.8 Å². The maximum absolute atomic E-state index is 13.5. The quantitative estimate of drug-likeness (QED) is 0.0477. The van der Waals surface area contributed by atoms with Crippen LogP contribution in [0.25, 0.3) is 35.6 Å². The van der Waals surface area contributed by atoms with Crippen molar-refractivity contribution >= 4 is 67.3 Å². The summed E-state index contributed by atoms with van der Waals surface area (Å²) in [5.41, 5.74) is 6.23. The number of nitrogens with one attached hydrogen (secondary N) is 2. The minimum atomic E-state index is -4.08. The third kappa shape index (κ3) is 19.3. The molecule has 2 N–H and O–H groups in total. The molecule has 0 spiro atoms. The predicted molar refractivity (Wildman–Crippen MR) is 386 cm³/mol. The fourth-order valence-corrected chi connectivity index (χ4v) is 13.0. The van der Waals surface area contributed by atoms with Gasteiger partial charge in [0.05, 0.1) is 43.1 Å². The van der Waals surface area contributed by atoms with E-state index in [9.17, 15) is 26.4 Å². The number of amides is 1. The van der Waals surface area contributed by atoms with Crippen LogP contribution in [0.5, 0.6) is 34.5 Å². The van der Waals surface area contributed by atoms with E-state index in [1.807, 2.05) is 110 Å². The van der Waals surface area contributed by atoms with Crippen molar-refractivity contribution in [3.63, 3.8) is 0 Å². The number of para-hydroxylation sites is 3. The van der Waals surface area contributed by atoms with E-state index in [2.05, 4.69) is 32.1 Å². The maximum atomic E-state index is 13.5. The highest BCUT2D eigenvalue weighted by molar-refractivity contribution is 7.96. The molecule has 4 heterocycles. The number of likely N-dealkylation sites (tertiary alicyclic amines) is 1. The standard InChI is InChI=1S/C27H22N2O4S.C26H21ClN2O3S.C24H27NO5.CH4/c30-27(29-20-22-10-8-16-28-19-22)26(34(31,32)25-14-5-2-6-15-25)18-21-9-7-13-24(17-21)33-23-11-3-1-4-12-23;1-19(29-18-20-6-5-15-28-17-20)26(33(30,31)24-7-3-2-4-8-24)16-23-13-14-25(32-23)21-9-11-22(27)12-10-21;1-25-14-18(12-16-8-6-10-20(27-2)23(16)29-4)22(26)19(15-25)13-17-9-7-11-21(28-3)24(17)30-5;/h1-19H,20H2,(H,29,30);2-17,29H,1,18H2;6-13H,14-15H2,1-5H3;1H4/b26-18+;26-16-;18-12+,19-13+;. The number of nitrogens with zero attached hydrogens (tertiary/aromatic N) is 3. The number of rotatable bonds is 22. The average molecular weight is 1370 g/mol. The molecule has 3 aromatic heterocycles. The molecule has 1 aliphatic heterocycles. The van der Waals surface area contributed by atoms with Crippen LogP contribution in [0.1, 0.15) is 41.0 Å². The number of ketones is 1. The predicted octanol–water partition coefficient (Wildman–Crippen LogP) is 15.5. The summed E-state index contributed by atoms with van der Waals surface area (Å²) in [6, 6.07) is 61.5. The molecule has 1 aliphatic rings. The number of carbonyl (C=O) groups is 2. The van der Waals surface area contributed by atoms with Gasteiger partial charge in [0.2, 0.25) is 19.7 Å². The number of pyridine rings is 2. The number of furan rings is 1. The molecular weight excluding hydrogens is 1300 g/mol. The Morgan fingerprint density at radius 2 is 1.07 bits per heavy atom. The van der Waals surface area contributed by atoms with Crippen molar-refractivity contribution in [3.05, 3.63) is 309 Å². The molecule has 0 radical (unpaired) electrons. The van der Waals surface area contributed by atoms with Crippen molar-refractivity contribution < 1.29 is 54.5 Å². The number of ether oxygens (including phenoxy) is 5. The molecule has 0 atom stereocenters. The molecular formula is C78H74ClN5O12S2. The smallest absolute Gasteiger partial charge is 0.263 e. The molecule has 1 fully saturated rings. The van der Waals surface area contributed by atoms with Crippen molar-refractivity contribution in [2.75, 3.05) is 48.6 Å².